The molecule has 120 valence electrons. The van der Waals surface area contributed by atoms with E-state index < -0.39 is 12.0 Å². The summed E-state index contributed by atoms with van der Waals surface area (Å²) >= 11 is 5.23. The van der Waals surface area contributed by atoms with Gasteiger partial charge in [0.15, 0.2) is 5.11 Å². The summed E-state index contributed by atoms with van der Waals surface area (Å²) in [7, 11) is 0. The van der Waals surface area contributed by atoms with Crippen molar-refractivity contribution < 1.29 is 14.7 Å². The molecule has 0 bridgehead atoms. The van der Waals surface area contributed by atoms with Crippen LogP contribution < -0.4 is 16.0 Å². The van der Waals surface area contributed by atoms with Crippen LogP contribution in [-0.2, 0) is 9.59 Å². The number of hydrogen-bond donors (Lipinski definition) is 4. The topological polar surface area (TPSA) is 90.5 Å². The Morgan fingerprint density at radius 2 is 1.95 bits per heavy atom. The van der Waals surface area contributed by atoms with Gasteiger partial charge in [-0.3, -0.25) is 4.79 Å². The highest BCUT2D eigenvalue weighted by Crippen LogP contribution is 2.17. The van der Waals surface area contributed by atoms with Gasteiger partial charge in [0.25, 0.3) is 0 Å². The van der Waals surface area contributed by atoms with Crippen molar-refractivity contribution in [2.75, 3.05) is 6.54 Å². The van der Waals surface area contributed by atoms with Crippen molar-refractivity contribution >= 4 is 29.2 Å². The number of carboxylic acid groups (broad SMARTS) is 1. The molecule has 1 aliphatic carbocycles. The van der Waals surface area contributed by atoms with Crippen LogP contribution in [0.15, 0.2) is 0 Å². The molecular weight excluding hydrogens is 290 g/mol. The molecule has 1 rings (SSSR count). The fourth-order valence-corrected chi connectivity index (χ4v) is 2.76. The van der Waals surface area contributed by atoms with Crippen molar-refractivity contribution in [3.63, 3.8) is 0 Å². The molecule has 1 fully saturated rings. The number of carbonyl (C=O) groups excluding carboxylic acids is 1. The standard InChI is InChI=1S/C14H25N3O3S/c1-10(18)16-12(13(19)20)8-5-9-15-14(21)17-11-6-3-2-4-7-11/h11-12H,2-9H2,1H3,(H,16,18)(H,19,20)(H2,15,17,21)/t12-/m1/s1. The highest BCUT2D eigenvalue weighted by atomic mass is 32.1. The molecule has 0 heterocycles. The zero-order valence-corrected chi connectivity index (χ0v) is 13.3. The van der Waals surface area contributed by atoms with Crippen molar-refractivity contribution in [2.45, 2.75) is 64.0 Å². The lowest BCUT2D eigenvalue weighted by Gasteiger charge is -2.24. The van der Waals surface area contributed by atoms with Crippen LogP contribution in [0.25, 0.3) is 0 Å². The molecule has 0 saturated heterocycles. The van der Waals surface area contributed by atoms with Gasteiger partial charge < -0.3 is 21.1 Å². The van der Waals surface area contributed by atoms with Crippen molar-refractivity contribution in [3.8, 4) is 0 Å². The highest BCUT2D eigenvalue weighted by Gasteiger charge is 2.17. The van der Waals surface area contributed by atoms with Gasteiger partial charge in [-0.1, -0.05) is 19.3 Å². The average molecular weight is 315 g/mol. The Morgan fingerprint density at radius 1 is 1.29 bits per heavy atom. The lowest BCUT2D eigenvalue weighted by Crippen LogP contribution is -2.43. The van der Waals surface area contributed by atoms with Gasteiger partial charge in [-0.15, -0.1) is 0 Å². The minimum absolute atomic E-state index is 0.329. The molecule has 0 aromatic heterocycles. The van der Waals surface area contributed by atoms with Gasteiger partial charge in [0.1, 0.15) is 6.04 Å². The first-order valence-electron chi connectivity index (χ1n) is 7.53. The summed E-state index contributed by atoms with van der Waals surface area (Å²) in [6.45, 7) is 1.92. The van der Waals surface area contributed by atoms with E-state index in [0.29, 0.717) is 30.5 Å². The van der Waals surface area contributed by atoms with E-state index in [1.807, 2.05) is 0 Å². The second-order valence-corrected chi connectivity index (χ2v) is 5.88. The quantitative estimate of drug-likeness (QED) is 0.416. The molecular formula is C14H25N3O3S. The maximum atomic E-state index is 11.0. The molecule has 1 aliphatic rings. The summed E-state index contributed by atoms with van der Waals surface area (Å²) in [4.78, 5) is 21.9. The largest absolute Gasteiger partial charge is 0.480 e. The monoisotopic (exact) mass is 315 g/mol. The zero-order chi connectivity index (χ0) is 15.7. The minimum Gasteiger partial charge on any atom is -0.480 e. The Kier molecular flexibility index (Phi) is 8.04. The van der Waals surface area contributed by atoms with Crippen LogP contribution in [0.3, 0.4) is 0 Å². The highest BCUT2D eigenvalue weighted by molar-refractivity contribution is 7.80. The van der Waals surface area contributed by atoms with Crippen LogP contribution >= 0.6 is 12.2 Å². The fraction of sp³-hybridized carbons (Fsp3) is 0.786. The first-order chi connectivity index (χ1) is 9.99. The van der Waals surface area contributed by atoms with Crippen LogP contribution in [-0.4, -0.2) is 40.7 Å². The predicted octanol–water partition coefficient (Wildman–Crippen LogP) is 1.15. The Bertz CT molecular complexity index is 370. The van der Waals surface area contributed by atoms with Crippen LogP contribution in [0.1, 0.15) is 51.9 Å². The van der Waals surface area contributed by atoms with Crippen molar-refractivity contribution in [1.29, 1.82) is 0 Å². The summed E-state index contributed by atoms with van der Waals surface area (Å²) < 4.78 is 0. The average Bonchev–Trinajstić information content (AvgIpc) is 2.42. The smallest absolute Gasteiger partial charge is 0.326 e. The molecule has 1 atom stereocenters. The molecule has 0 aliphatic heterocycles. The number of aliphatic carboxylic acids is 1. The van der Waals surface area contributed by atoms with Gasteiger partial charge in [0.2, 0.25) is 5.91 Å². The van der Waals surface area contributed by atoms with Gasteiger partial charge in [-0.05, 0) is 37.9 Å². The van der Waals surface area contributed by atoms with Crippen molar-refractivity contribution in [1.82, 2.24) is 16.0 Å². The van der Waals surface area contributed by atoms with Gasteiger partial charge >= 0.3 is 5.97 Å². The lowest BCUT2D eigenvalue weighted by molar-refractivity contribution is -0.141. The Balaban J connectivity index is 2.15. The molecule has 7 heteroatoms. The van der Waals surface area contributed by atoms with Gasteiger partial charge in [0, 0.05) is 19.5 Å². The van der Waals surface area contributed by atoms with Gasteiger partial charge in [0.05, 0.1) is 0 Å². The number of carboxylic acids is 1. The SMILES string of the molecule is CC(=O)N[C@H](CCCNC(=S)NC1CCCCC1)C(=O)O. The Labute approximate surface area is 131 Å². The number of amides is 1. The number of hydrogen-bond acceptors (Lipinski definition) is 3. The summed E-state index contributed by atoms with van der Waals surface area (Å²) in [5.41, 5.74) is 0. The fourth-order valence-electron chi connectivity index (χ4n) is 2.49. The summed E-state index contributed by atoms with van der Waals surface area (Å²) in [6.07, 6.45) is 7.13. The van der Waals surface area contributed by atoms with E-state index in [4.69, 9.17) is 17.3 Å². The number of carbonyl (C=O) groups is 2. The minimum atomic E-state index is -1.01. The Morgan fingerprint density at radius 3 is 2.52 bits per heavy atom. The van der Waals surface area contributed by atoms with E-state index in [-0.39, 0.29) is 5.91 Å². The predicted molar refractivity (Wildman–Crippen MR) is 85.1 cm³/mol. The van der Waals surface area contributed by atoms with Gasteiger partial charge in [-0.2, -0.15) is 0 Å². The third-order valence-corrected chi connectivity index (χ3v) is 3.83. The lowest BCUT2D eigenvalue weighted by atomic mass is 9.96. The second kappa shape index (κ2) is 9.55. The molecule has 0 spiro atoms. The van der Waals surface area contributed by atoms with E-state index in [9.17, 15) is 9.59 Å². The van der Waals surface area contributed by atoms with Crippen molar-refractivity contribution in [2.24, 2.45) is 0 Å². The van der Waals surface area contributed by atoms with Crippen LogP contribution in [0.2, 0.25) is 0 Å². The van der Waals surface area contributed by atoms with E-state index >= 15 is 0 Å². The molecule has 1 saturated carbocycles. The van der Waals surface area contributed by atoms with Crippen LogP contribution in [0, 0.1) is 0 Å². The van der Waals surface area contributed by atoms with Crippen molar-refractivity contribution in [3.05, 3.63) is 0 Å². The van der Waals surface area contributed by atoms with Gasteiger partial charge in [-0.25, -0.2) is 4.79 Å². The molecule has 6 nitrogen and oxygen atoms in total. The van der Waals surface area contributed by atoms with Crippen LogP contribution in [0.4, 0.5) is 0 Å². The van der Waals surface area contributed by atoms with Crippen LogP contribution in [0.5, 0.6) is 0 Å². The van der Waals surface area contributed by atoms with E-state index in [1.54, 1.807) is 0 Å². The number of thiocarbonyl (C=S) groups is 1. The molecule has 4 N–H and O–H groups in total. The third-order valence-electron chi connectivity index (χ3n) is 3.57. The molecule has 0 aromatic carbocycles. The summed E-state index contributed by atoms with van der Waals surface area (Å²) in [5, 5.41) is 18.4. The molecule has 1 amide bonds. The van der Waals surface area contributed by atoms with E-state index in [1.165, 1.54) is 26.2 Å². The normalized spacial score (nSPS) is 16.8. The third kappa shape index (κ3) is 7.84. The number of nitrogens with one attached hydrogen (secondary N) is 3. The molecule has 0 aromatic rings. The van der Waals surface area contributed by atoms with E-state index in [2.05, 4.69) is 16.0 Å². The summed E-state index contributed by atoms with van der Waals surface area (Å²) in [6, 6.07) is -0.367. The van der Waals surface area contributed by atoms with E-state index in [0.717, 1.165) is 12.8 Å². The summed E-state index contributed by atoms with van der Waals surface area (Å²) in [5.74, 6) is -1.34. The molecule has 0 unspecified atom stereocenters. The second-order valence-electron chi connectivity index (χ2n) is 5.47. The first kappa shape index (κ1) is 17.7. The first-order valence-corrected chi connectivity index (χ1v) is 7.94. The maximum Gasteiger partial charge on any atom is 0.326 e. The number of rotatable bonds is 7. The zero-order valence-electron chi connectivity index (χ0n) is 12.5. The molecule has 21 heavy (non-hydrogen) atoms. The molecule has 0 radical (unpaired) electrons. The maximum absolute atomic E-state index is 11.0. The Hall–Kier alpha value is -1.37.